The van der Waals surface area contributed by atoms with Crippen molar-refractivity contribution in [1.29, 1.82) is 0 Å². The summed E-state index contributed by atoms with van der Waals surface area (Å²) in [5.74, 6) is -1.00. The van der Waals surface area contributed by atoms with E-state index in [1.165, 1.54) is 30.3 Å². The van der Waals surface area contributed by atoms with Crippen LogP contribution in [0.5, 0.6) is 5.75 Å². The third-order valence-corrected chi connectivity index (χ3v) is 6.04. The first-order valence-electron chi connectivity index (χ1n) is 9.85. The summed E-state index contributed by atoms with van der Waals surface area (Å²) in [6, 6.07) is 21.3. The van der Waals surface area contributed by atoms with Gasteiger partial charge in [0, 0.05) is 18.5 Å². The van der Waals surface area contributed by atoms with Crippen LogP contribution < -0.4 is 15.6 Å². The van der Waals surface area contributed by atoms with Crippen LogP contribution in [0.25, 0.3) is 0 Å². The molecule has 0 atom stereocenters. The molecule has 0 aliphatic heterocycles. The Bertz CT molecular complexity index is 1200. The van der Waals surface area contributed by atoms with E-state index in [1.807, 2.05) is 18.2 Å². The predicted octanol–water partition coefficient (Wildman–Crippen LogP) is 2.26. The summed E-state index contributed by atoms with van der Waals surface area (Å²) in [4.78, 5) is 24.3. The second-order valence-electron chi connectivity index (χ2n) is 6.97. The Hall–Kier alpha value is -3.69. The summed E-state index contributed by atoms with van der Waals surface area (Å²) in [6.07, 6.45) is 0.352. The van der Waals surface area contributed by atoms with Gasteiger partial charge in [-0.25, -0.2) is 13.1 Å². The lowest BCUT2D eigenvalue weighted by atomic mass is 10.1. The summed E-state index contributed by atoms with van der Waals surface area (Å²) in [6.45, 7) is 0.118. The quantitative estimate of drug-likeness (QED) is 0.390. The number of aryl methyl sites for hydroxylation is 1. The number of amides is 2. The highest BCUT2D eigenvalue weighted by Crippen LogP contribution is 2.17. The number of rotatable bonds is 8. The molecule has 0 unspecified atom stereocenters. The van der Waals surface area contributed by atoms with Gasteiger partial charge in [0.15, 0.2) is 0 Å². The second-order valence-corrected chi connectivity index (χ2v) is 8.74. The first-order valence-corrected chi connectivity index (χ1v) is 11.3. The molecule has 166 valence electrons. The molecule has 0 bridgehead atoms. The molecule has 9 heteroatoms. The van der Waals surface area contributed by atoms with Crippen LogP contribution in [0.1, 0.15) is 27.9 Å². The van der Waals surface area contributed by atoms with E-state index in [-0.39, 0.29) is 29.2 Å². The number of carbonyl (C=O) groups excluding carboxylic acids is 2. The molecule has 0 aliphatic rings. The fraction of sp³-hybridized carbons (Fsp3) is 0.130. The van der Waals surface area contributed by atoms with Crippen molar-refractivity contribution in [2.24, 2.45) is 0 Å². The van der Waals surface area contributed by atoms with Gasteiger partial charge in [0.2, 0.25) is 15.9 Å². The number of carbonyl (C=O) groups is 2. The number of hydrogen-bond acceptors (Lipinski definition) is 5. The van der Waals surface area contributed by atoms with Crippen molar-refractivity contribution in [3.05, 3.63) is 95.6 Å². The highest BCUT2D eigenvalue weighted by molar-refractivity contribution is 7.89. The third kappa shape index (κ3) is 6.40. The van der Waals surface area contributed by atoms with Crippen molar-refractivity contribution in [3.63, 3.8) is 0 Å². The molecule has 4 N–H and O–H groups in total. The second kappa shape index (κ2) is 10.6. The molecule has 0 aromatic heterocycles. The number of hydrazine groups is 1. The molecule has 0 spiro atoms. The maximum atomic E-state index is 12.6. The standard InChI is InChI=1S/C23H23N3O5S/c27-21-12-5-4-9-18(21)13-14-22(28)25-26-23(29)19-10-6-11-20(15-19)32(30,31)24-16-17-7-2-1-3-8-17/h1-12,15,24,27H,13-14,16H2,(H,25,28)(H,26,29). The van der Waals surface area contributed by atoms with Crippen LogP contribution in [0.15, 0.2) is 83.8 Å². The van der Waals surface area contributed by atoms with Gasteiger partial charge in [-0.05, 0) is 41.8 Å². The Morgan fingerprint density at radius 3 is 2.31 bits per heavy atom. The van der Waals surface area contributed by atoms with Crippen LogP contribution in [0, 0.1) is 0 Å². The van der Waals surface area contributed by atoms with Gasteiger partial charge in [0.25, 0.3) is 5.91 Å². The summed E-state index contributed by atoms with van der Waals surface area (Å²) in [7, 11) is -3.83. The monoisotopic (exact) mass is 453 g/mol. The highest BCUT2D eigenvalue weighted by Gasteiger charge is 2.16. The Labute approximate surface area is 186 Å². The van der Waals surface area contributed by atoms with Crippen molar-refractivity contribution >= 4 is 21.8 Å². The summed E-state index contributed by atoms with van der Waals surface area (Å²) < 4.78 is 27.6. The van der Waals surface area contributed by atoms with E-state index in [1.54, 1.807) is 30.3 Å². The highest BCUT2D eigenvalue weighted by atomic mass is 32.2. The number of benzene rings is 3. The minimum atomic E-state index is -3.83. The van der Waals surface area contributed by atoms with E-state index in [0.29, 0.717) is 12.0 Å². The zero-order chi connectivity index (χ0) is 23.0. The Kier molecular flexibility index (Phi) is 7.58. The normalized spacial score (nSPS) is 11.0. The molecule has 3 rings (SSSR count). The molecular weight excluding hydrogens is 430 g/mol. The van der Waals surface area contributed by atoms with Crippen LogP contribution in [0.4, 0.5) is 0 Å². The molecule has 3 aromatic rings. The third-order valence-electron chi connectivity index (χ3n) is 4.64. The number of para-hydroxylation sites is 1. The largest absolute Gasteiger partial charge is 0.508 e. The molecule has 0 heterocycles. The van der Waals surface area contributed by atoms with Gasteiger partial charge in [-0.1, -0.05) is 54.6 Å². The van der Waals surface area contributed by atoms with Crippen LogP contribution in [-0.2, 0) is 27.8 Å². The Morgan fingerprint density at radius 2 is 1.56 bits per heavy atom. The van der Waals surface area contributed by atoms with Crippen LogP contribution in [-0.4, -0.2) is 25.3 Å². The van der Waals surface area contributed by atoms with Gasteiger partial charge >= 0.3 is 0 Å². The van der Waals surface area contributed by atoms with Crippen molar-refractivity contribution in [3.8, 4) is 5.75 Å². The molecule has 2 amide bonds. The number of aromatic hydroxyl groups is 1. The molecular formula is C23H23N3O5S. The molecule has 8 nitrogen and oxygen atoms in total. The number of phenolic OH excluding ortho intramolecular Hbond substituents is 1. The molecule has 0 aliphatic carbocycles. The van der Waals surface area contributed by atoms with Gasteiger partial charge < -0.3 is 5.11 Å². The molecule has 0 fully saturated rings. The lowest BCUT2D eigenvalue weighted by Gasteiger charge is -2.10. The number of nitrogens with one attached hydrogen (secondary N) is 3. The van der Waals surface area contributed by atoms with E-state index in [4.69, 9.17) is 0 Å². The van der Waals surface area contributed by atoms with Crippen molar-refractivity contribution in [2.45, 2.75) is 24.3 Å². The Morgan fingerprint density at radius 1 is 0.844 bits per heavy atom. The zero-order valence-electron chi connectivity index (χ0n) is 17.1. The first kappa shape index (κ1) is 23.0. The van der Waals surface area contributed by atoms with E-state index >= 15 is 0 Å². The SMILES string of the molecule is O=C(CCc1ccccc1O)NNC(=O)c1cccc(S(=O)(=O)NCc2ccccc2)c1. The van der Waals surface area contributed by atoms with Crippen molar-refractivity contribution in [2.75, 3.05) is 0 Å². The summed E-state index contributed by atoms with van der Waals surface area (Å²) in [5.41, 5.74) is 6.06. The average Bonchev–Trinajstić information content (AvgIpc) is 2.81. The molecule has 32 heavy (non-hydrogen) atoms. The average molecular weight is 454 g/mol. The first-order chi connectivity index (χ1) is 15.3. The van der Waals surface area contributed by atoms with Crippen LogP contribution >= 0.6 is 0 Å². The summed E-state index contributed by atoms with van der Waals surface area (Å²) >= 11 is 0. The van der Waals surface area contributed by atoms with Crippen molar-refractivity contribution in [1.82, 2.24) is 15.6 Å². The van der Waals surface area contributed by atoms with Gasteiger partial charge in [-0.15, -0.1) is 0 Å². The molecule has 0 saturated carbocycles. The number of phenols is 1. The van der Waals surface area contributed by atoms with E-state index in [9.17, 15) is 23.1 Å². The maximum Gasteiger partial charge on any atom is 0.269 e. The minimum absolute atomic E-state index is 0.0513. The van der Waals surface area contributed by atoms with Crippen molar-refractivity contribution < 1.29 is 23.1 Å². The fourth-order valence-electron chi connectivity index (χ4n) is 2.89. The Balaban J connectivity index is 1.55. The zero-order valence-corrected chi connectivity index (χ0v) is 17.9. The van der Waals surface area contributed by atoms with Gasteiger partial charge in [0.05, 0.1) is 4.90 Å². The van der Waals surface area contributed by atoms with E-state index < -0.39 is 21.8 Å². The lowest BCUT2D eigenvalue weighted by molar-refractivity contribution is -0.121. The summed E-state index contributed by atoms with van der Waals surface area (Å²) in [5, 5.41) is 9.73. The molecule has 3 aromatic carbocycles. The topological polar surface area (TPSA) is 125 Å². The smallest absolute Gasteiger partial charge is 0.269 e. The number of hydrogen-bond donors (Lipinski definition) is 4. The molecule has 0 radical (unpaired) electrons. The fourth-order valence-corrected chi connectivity index (χ4v) is 3.96. The van der Waals surface area contributed by atoms with E-state index in [0.717, 1.165) is 5.56 Å². The molecule has 0 saturated heterocycles. The predicted molar refractivity (Wildman–Crippen MR) is 119 cm³/mol. The van der Waals surface area contributed by atoms with E-state index in [2.05, 4.69) is 15.6 Å². The number of sulfonamides is 1. The van der Waals surface area contributed by atoms with Gasteiger partial charge in [0.1, 0.15) is 5.75 Å². The maximum absolute atomic E-state index is 12.6. The minimum Gasteiger partial charge on any atom is -0.508 e. The van der Waals surface area contributed by atoms with Gasteiger partial charge in [-0.2, -0.15) is 0 Å². The lowest BCUT2D eigenvalue weighted by Crippen LogP contribution is -2.41. The van der Waals surface area contributed by atoms with Crippen LogP contribution in [0.3, 0.4) is 0 Å². The van der Waals surface area contributed by atoms with Crippen LogP contribution in [0.2, 0.25) is 0 Å². The van der Waals surface area contributed by atoms with Gasteiger partial charge in [-0.3, -0.25) is 20.4 Å².